The molecule has 1 heterocycles. The highest BCUT2D eigenvalue weighted by Crippen LogP contribution is 2.27. The van der Waals surface area contributed by atoms with Crippen molar-refractivity contribution < 1.29 is 4.74 Å². The Morgan fingerprint density at radius 3 is 2.56 bits per heavy atom. The molecule has 1 saturated carbocycles. The zero-order valence-corrected chi connectivity index (χ0v) is 11.3. The van der Waals surface area contributed by atoms with Gasteiger partial charge in [0.25, 0.3) is 0 Å². The molecule has 1 aliphatic carbocycles. The summed E-state index contributed by atoms with van der Waals surface area (Å²) in [4.78, 5) is 4.33. The van der Waals surface area contributed by atoms with Gasteiger partial charge in [0, 0.05) is 6.20 Å². The predicted octanol–water partition coefficient (Wildman–Crippen LogP) is 4.25. The first kappa shape index (κ1) is 11.9. The summed E-state index contributed by atoms with van der Waals surface area (Å²) >= 11 is 3.51. The SMILES string of the molecule is Cc1cnc(OC2CCCCCC2)c(Br)c1. The average Bonchev–Trinajstić information content (AvgIpc) is 2.51. The van der Waals surface area contributed by atoms with Crippen LogP contribution >= 0.6 is 15.9 Å². The summed E-state index contributed by atoms with van der Waals surface area (Å²) < 4.78 is 6.93. The highest BCUT2D eigenvalue weighted by molar-refractivity contribution is 9.10. The quantitative estimate of drug-likeness (QED) is 0.757. The fourth-order valence-corrected chi connectivity index (χ4v) is 2.68. The first-order valence-corrected chi connectivity index (χ1v) is 6.84. The molecule has 3 heteroatoms. The molecular formula is C13H18BrNO. The Labute approximate surface area is 106 Å². The number of pyridine rings is 1. The van der Waals surface area contributed by atoms with Gasteiger partial charge in [0.15, 0.2) is 0 Å². The number of aromatic nitrogens is 1. The van der Waals surface area contributed by atoms with Crippen molar-refractivity contribution in [2.45, 2.75) is 51.6 Å². The number of hydrogen-bond donors (Lipinski definition) is 0. The largest absolute Gasteiger partial charge is 0.474 e. The molecule has 16 heavy (non-hydrogen) atoms. The Kier molecular flexibility index (Phi) is 4.22. The van der Waals surface area contributed by atoms with Gasteiger partial charge in [0.2, 0.25) is 5.88 Å². The number of aryl methyl sites for hydroxylation is 1. The fourth-order valence-electron chi connectivity index (χ4n) is 2.13. The minimum atomic E-state index is 0.356. The van der Waals surface area contributed by atoms with Crippen molar-refractivity contribution in [3.05, 3.63) is 22.3 Å². The molecule has 0 unspecified atom stereocenters. The van der Waals surface area contributed by atoms with Gasteiger partial charge in [-0.1, -0.05) is 12.8 Å². The fraction of sp³-hybridized carbons (Fsp3) is 0.615. The second-order valence-corrected chi connectivity index (χ2v) is 5.39. The van der Waals surface area contributed by atoms with E-state index in [9.17, 15) is 0 Å². The smallest absolute Gasteiger partial charge is 0.228 e. The van der Waals surface area contributed by atoms with Gasteiger partial charge >= 0.3 is 0 Å². The van der Waals surface area contributed by atoms with Gasteiger partial charge in [-0.3, -0.25) is 0 Å². The molecular weight excluding hydrogens is 266 g/mol. The van der Waals surface area contributed by atoms with Crippen molar-refractivity contribution in [2.75, 3.05) is 0 Å². The van der Waals surface area contributed by atoms with Crippen molar-refractivity contribution in [3.8, 4) is 5.88 Å². The molecule has 0 atom stereocenters. The molecule has 1 fully saturated rings. The zero-order valence-electron chi connectivity index (χ0n) is 9.71. The molecule has 1 aromatic heterocycles. The number of ether oxygens (including phenoxy) is 1. The van der Waals surface area contributed by atoms with E-state index in [1.807, 2.05) is 13.1 Å². The standard InChI is InChI=1S/C13H18BrNO/c1-10-8-12(14)13(15-9-10)16-11-6-4-2-3-5-7-11/h8-9,11H,2-7H2,1H3. The van der Waals surface area contributed by atoms with Gasteiger partial charge in [-0.15, -0.1) is 0 Å². The second-order valence-electron chi connectivity index (χ2n) is 4.53. The van der Waals surface area contributed by atoms with Crippen LogP contribution in [0.1, 0.15) is 44.1 Å². The summed E-state index contributed by atoms with van der Waals surface area (Å²) in [6.45, 7) is 2.03. The lowest BCUT2D eigenvalue weighted by atomic mass is 10.1. The van der Waals surface area contributed by atoms with Gasteiger partial charge in [0.1, 0.15) is 6.10 Å². The van der Waals surface area contributed by atoms with Gasteiger partial charge in [-0.2, -0.15) is 0 Å². The molecule has 0 amide bonds. The van der Waals surface area contributed by atoms with E-state index >= 15 is 0 Å². The van der Waals surface area contributed by atoms with E-state index in [2.05, 4.69) is 27.0 Å². The summed E-state index contributed by atoms with van der Waals surface area (Å²) in [6, 6.07) is 2.05. The van der Waals surface area contributed by atoms with E-state index in [1.54, 1.807) is 0 Å². The minimum absolute atomic E-state index is 0.356. The van der Waals surface area contributed by atoms with Crippen molar-refractivity contribution in [2.24, 2.45) is 0 Å². The third-order valence-electron chi connectivity index (χ3n) is 3.02. The predicted molar refractivity (Wildman–Crippen MR) is 68.8 cm³/mol. The third-order valence-corrected chi connectivity index (χ3v) is 3.59. The number of rotatable bonds is 2. The van der Waals surface area contributed by atoms with Crippen LogP contribution in [0.3, 0.4) is 0 Å². The maximum Gasteiger partial charge on any atom is 0.228 e. The highest BCUT2D eigenvalue weighted by Gasteiger charge is 2.15. The zero-order chi connectivity index (χ0) is 11.4. The molecule has 2 rings (SSSR count). The third kappa shape index (κ3) is 3.21. The van der Waals surface area contributed by atoms with E-state index in [1.165, 1.54) is 38.5 Å². The Balaban J connectivity index is 2.01. The monoisotopic (exact) mass is 283 g/mol. The summed E-state index contributed by atoms with van der Waals surface area (Å²) in [7, 11) is 0. The molecule has 0 aliphatic heterocycles. The van der Waals surface area contributed by atoms with E-state index < -0.39 is 0 Å². The Morgan fingerprint density at radius 2 is 1.94 bits per heavy atom. The summed E-state index contributed by atoms with van der Waals surface area (Å²) in [5.74, 6) is 0.748. The van der Waals surface area contributed by atoms with E-state index in [4.69, 9.17) is 4.74 Å². The molecule has 0 radical (unpaired) electrons. The summed E-state index contributed by atoms with van der Waals surface area (Å²) in [5.41, 5.74) is 1.15. The van der Waals surface area contributed by atoms with Crippen LogP contribution in [0.4, 0.5) is 0 Å². The number of halogens is 1. The lowest BCUT2D eigenvalue weighted by Gasteiger charge is -2.17. The van der Waals surface area contributed by atoms with Crippen molar-refractivity contribution in [1.82, 2.24) is 4.98 Å². The van der Waals surface area contributed by atoms with Crippen LogP contribution in [0.2, 0.25) is 0 Å². The highest BCUT2D eigenvalue weighted by atomic mass is 79.9. The Bertz CT molecular complexity index is 346. The number of nitrogens with zero attached hydrogens (tertiary/aromatic N) is 1. The van der Waals surface area contributed by atoms with Crippen LogP contribution in [0.5, 0.6) is 5.88 Å². The van der Waals surface area contributed by atoms with Crippen LogP contribution in [0, 0.1) is 6.92 Å². The first-order chi connectivity index (χ1) is 7.75. The maximum absolute atomic E-state index is 5.96. The summed E-state index contributed by atoms with van der Waals surface area (Å²) in [6.07, 6.45) is 9.82. The van der Waals surface area contributed by atoms with E-state index in [-0.39, 0.29) is 0 Å². The molecule has 0 bridgehead atoms. The maximum atomic E-state index is 5.96. The first-order valence-electron chi connectivity index (χ1n) is 6.04. The van der Waals surface area contributed by atoms with Crippen LogP contribution in [0.15, 0.2) is 16.7 Å². The van der Waals surface area contributed by atoms with Crippen molar-refractivity contribution in [1.29, 1.82) is 0 Å². The van der Waals surface area contributed by atoms with Crippen LogP contribution in [-0.2, 0) is 0 Å². The summed E-state index contributed by atoms with van der Waals surface area (Å²) in [5, 5.41) is 0. The molecule has 0 N–H and O–H groups in total. The van der Waals surface area contributed by atoms with Crippen molar-refractivity contribution in [3.63, 3.8) is 0 Å². The minimum Gasteiger partial charge on any atom is -0.474 e. The van der Waals surface area contributed by atoms with Crippen LogP contribution in [-0.4, -0.2) is 11.1 Å². The molecule has 1 aromatic rings. The van der Waals surface area contributed by atoms with Crippen molar-refractivity contribution >= 4 is 15.9 Å². The van der Waals surface area contributed by atoms with E-state index in [0.717, 1.165) is 15.9 Å². The second kappa shape index (κ2) is 5.67. The lowest BCUT2D eigenvalue weighted by molar-refractivity contribution is 0.175. The molecule has 2 nitrogen and oxygen atoms in total. The normalized spacial score (nSPS) is 18.1. The molecule has 0 saturated heterocycles. The Morgan fingerprint density at radius 1 is 1.25 bits per heavy atom. The van der Waals surface area contributed by atoms with Gasteiger partial charge in [-0.05, 0) is 60.2 Å². The van der Waals surface area contributed by atoms with Gasteiger partial charge in [0.05, 0.1) is 4.47 Å². The lowest BCUT2D eigenvalue weighted by Crippen LogP contribution is -2.16. The van der Waals surface area contributed by atoms with Crippen LogP contribution in [0.25, 0.3) is 0 Å². The molecule has 0 spiro atoms. The van der Waals surface area contributed by atoms with Gasteiger partial charge in [-0.25, -0.2) is 4.98 Å². The van der Waals surface area contributed by atoms with E-state index in [0.29, 0.717) is 6.10 Å². The molecule has 1 aliphatic rings. The van der Waals surface area contributed by atoms with Crippen LogP contribution < -0.4 is 4.74 Å². The number of hydrogen-bond acceptors (Lipinski definition) is 2. The topological polar surface area (TPSA) is 22.1 Å². The molecule has 0 aromatic carbocycles. The molecule has 88 valence electrons. The average molecular weight is 284 g/mol. The Hall–Kier alpha value is -0.570. The van der Waals surface area contributed by atoms with Gasteiger partial charge < -0.3 is 4.74 Å².